The second kappa shape index (κ2) is 11.7. The third-order valence-electron chi connectivity index (χ3n) is 6.99. The molecule has 214 valence electrons. The molecule has 1 atom stereocenters. The normalized spacial score (nSPS) is 12.6. The van der Waals surface area contributed by atoms with Crippen molar-refractivity contribution in [3.05, 3.63) is 135 Å². The predicted octanol–water partition coefficient (Wildman–Crippen LogP) is 7.92. The lowest BCUT2D eigenvalue weighted by atomic mass is 9.83. The number of anilines is 2. The molecule has 1 unspecified atom stereocenters. The molecule has 0 aliphatic rings. The average Bonchev–Trinajstić information content (AvgIpc) is 3.44. The number of rotatable bonds is 6. The Morgan fingerprint density at radius 1 is 0.814 bits per heavy atom. The third kappa shape index (κ3) is 5.78. The fraction of sp³-hybridized carbons (Fsp3) is 0.0625. The van der Waals surface area contributed by atoms with Gasteiger partial charge in [0, 0.05) is 38.8 Å². The second-order valence-corrected chi connectivity index (χ2v) is 11.1. The molecule has 0 spiro atoms. The van der Waals surface area contributed by atoms with E-state index >= 15 is 0 Å². The van der Waals surface area contributed by atoms with Crippen LogP contribution >= 0.6 is 34.8 Å². The highest BCUT2D eigenvalue weighted by Gasteiger charge is 2.37. The second-order valence-electron chi connectivity index (χ2n) is 9.83. The van der Waals surface area contributed by atoms with Crippen LogP contribution in [0.15, 0.2) is 104 Å². The summed E-state index contributed by atoms with van der Waals surface area (Å²) in [6.07, 6.45) is 3.25. The van der Waals surface area contributed by atoms with Gasteiger partial charge in [-0.05, 0) is 71.8 Å². The summed E-state index contributed by atoms with van der Waals surface area (Å²) >= 11 is 18.5. The number of nitrogens with zero attached hydrogens (tertiary/aromatic N) is 4. The van der Waals surface area contributed by atoms with Gasteiger partial charge in [-0.25, -0.2) is 19.7 Å². The van der Waals surface area contributed by atoms with E-state index in [0.29, 0.717) is 59.7 Å². The SMILES string of the molecule is Cn1cncc1C(O)(c1ccc(Cl)cc1)c1ccc2nc(NC(=O)Nc3ccc(Cl)cc3)nc(-c3cccc(Cl)c3)c2c1. The van der Waals surface area contributed by atoms with Gasteiger partial charge >= 0.3 is 6.03 Å². The van der Waals surface area contributed by atoms with Gasteiger partial charge in [-0.3, -0.25) is 5.32 Å². The summed E-state index contributed by atoms with van der Waals surface area (Å²) < 4.78 is 1.76. The number of amides is 2. The van der Waals surface area contributed by atoms with Crippen LogP contribution in [0.5, 0.6) is 0 Å². The molecule has 0 aliphatic heterocycles. The molecule has 8 nitrogen and oxygen atoms in total. The number of nitrogens with one attached hydrogen (secondary N) is 2. The van der Waals surface area contributed by atoms with Crippen LogP contribution in [0.3, 0.4) is 0 Å². The van der Waals surface area contributed by atoms with E-state index in [2.05, 4.69) is 20.6 Å². The molecule has 0 saturated carbocycles. The van der Waals surface area contributed by atoms with Gasteiger partial charge < -0.3 is 15.0 Å². The van der Waals surface area contributed by atoms with Gasteiger partial charge in [0.2, 0.25) is 5.95 Å². The van der Waals surface area contributed by atoms with Crippen molar-refractivity contribution in [2.24, 2.45) is 7.05 Å². The number of hydrogen-bond donors (Lipinski definition) is 3. The molecule has 6 aromatic rings. The minimum atomic E-state index is -1.59. The summed E-state index contributed by atoms with van der Waals surface area (Å²) in [5.41, 5.74) is 2.43. The van der Waals surface area contributed by atoms with Crippen molar-refractivity contribution in [2.75, 3.05) is 10.6 Å². The molecular formula is C32H23Cl3N6O2. The minimum Gasteiger partial charge on any atom is -0.374 e. The Morgan fingerprint density at radius 2 is 1.51 bits per heavy atom. The van der Waals surface area contributed by atoms with Crippen LogP contribution in [-0.2, 0) is 12.6 Å². The molecular weight excluding hydrogens is 607 g/mol. The Hall–Kier alpha value is -4.47. The zero-order chi connectivity index (χ0) is 30.1. The van der Waals surface area contributed by atoms with Crippen molar-refractivity contribution in [3.63, 3.8) is 0 Å². The maximum atomic E-state index is 12.8. The van der Waals surface area contributed by atoms with E-state index in [9.17, 15) is 9.90 Å². The zero-order valence-electron chi connectivity index (χ0n) is 22.6. The van der Waals surface area contributed by atoms with E-state index in [1.165, 1.54) is 0 Å². The van der Waals surface area contributed by atoms with Crippen LogP contribution in [-0.4, -0.2) is 30.7 Å². The molecule has 2 aromatic heterocycles. The summed E-state index contributed by atoms with van der Waals surface area (Å²) in [6.45, 7) is 0. The van der Waals surface area contributed by atoms with E-state index in [0.717, 1.165) is 0 Å². The number of carbonyl (C=O) groups excluding carboxylic acids is 1. The molecule has 4 aromatic carbocycles. The summed E-state index contributed by atoms with van der Waals surface area (Å²) in [5, 5.41) is 20.2. The average molecular weight is 630 g/mol. The molecule has 3 N–H and O–H groups in total. The molecule has 0 fully saturated rings. The van der Waals surface area contributed by atoms with Crippen molar-refractivity contribution in [1.29, 1.82) is 0 Å². The Bertz CT molecular complexity index is 1960. The Labute approximate surface area is 261 Å². The van der Waals surface area contributed by atoms with Crippen LogP contribution in [0, 0.1) is 0 Å². The lowest BCUT2D eigenvalue weighted by Gasteiger charge is -2.30. The van der Waals surface area contributed by atoms with Crippen molar-refractivity contribution in [1.82, 2.24) is 19.5 Å². The number of carbonyl (C=O) groups is 1. The van der Waals surface area contributed by atoms with Crippen molar-refractivity contribution >= 4 is 63.4 Å². The summed E-state index contributed by atoms with van der Waals surface area (Å²) in [4.78, 5) is 26.4. The number of halogens is 3. The number of aromatic nitrogens is 4. The number of benzene rings is 4. The maximum Gasteiger partial charge on any atom is 0.326 e. The molecule has 2 heterocycles. The number of hydrogen-bond acceptors (Lipinski definition) is 5. The molecule has 11 heteroatoms. The molecule has 43 heavy (non-hydrogen) atoms. The first kappa shape index (κ1) is 28.6. The maximum absolute atomic E-state index is 12.8. The topological polar surface area (TPSA) is 105 Å². The first-order valence-corrected chi connectivity index (χ1v) is 14.2. The molecule has 0 aliphatic carbocycles. The summed E-state index contributed by atoms with van der Waals surface area (Å²) in [6, 6.07) is 25.8. The fourth-order valence-electron chi connectivity index (χ4n) is 4.92. The van der Waals surface area contributed by atoms with E-state index in [4.69, 9.17) is 39.8 Å². The van der Waals surface area contributed by atoms with Crippen LogP contribution in [0.2, 0.25) is 15.1 Å². The van der Waals surface area contributed by atoms with Crippen molar-refractivity contribution in [3.8, 4) is 11.3 Å². The van der Waals surface area contributed by atoms with Crippen molar-refractivity contribution < 1.29 is 9.90 Å². The molecule has 0 saturated heterocycles. The van der Waals surface area contributed by atoms with Crippen LogP contribution in [0.25, 0.3) is 22.2 Å². The summed E-state index contributed by atoms with van der Waals surface area (Å²) in [7, 11) is 1.82. The molecule has 0 radical (unpaired) electrons. The number of fused-ring (bicyclic) bond motifs is 1. The molecule has 6 rings (SSSR count). The number of urea groups is 1. The lowest BCUT2D eigenvalue weighted by molar-refractivity contribution is 0.117. The van der Waals surface area contributed by atoms with E-state index in [-0.39, 0.29) is 5.95 Å². The zero-order valence-corrected chi connectivity index (χ0v) is 24.9. The van der Waals surface area contributed by atoms with Crippen molar-refractivity contribution in [2.45, 2.75) is 5.60 Å². The first-order valence-electron chi connectivity index (χ1n) is 13.1. The van der Waals surface area contributed by atoms with Crippen LogP contribution in [0.1, 0.15) is 16.8 Å². The van der Waals surface area contributed by atoms with Gasteiger partial charge in [-0.1, -0.05) is 65.1 Å². The van der Waals surface area contributed by atoms with Gasteiger partial charge in [0.05, 0.1) is 29.4 Å². The first-order chi connectivity index (χ1) is 20.7. The lowest BCUT2D eigenvalue weighted by Crippen LogP contribution is -2.31. The van der Waals surface area contributed by atoms with E-state index in [1.807, 2.05) is 25.2 Å². The van der Waals surface area contributed by atoms with E-state index < -0.39 is 11.6 Å². The Balaban J connectivity index is 1.49. The molecule has 2 amide bonds. The Morgan fingerprint density at radius 3 is 2.19 bits per heavy atom. The Kier molecular flexibility index (Phi) is 7.77. The predicted molar refractivity (Wildman–Crippen MR) is 171 cm³/mol. The van der Waals surface area contributed by atoms with Crippen LogP contribution in [0.4, 0.5) is 16.4 Å². The minimum absolute atomic E-state index is 0.0845. The standard InChI is InChI=1S/C32H23Cl3N6O2/c1-41-18-36-17-28(41)32(43,20-5-8-22(33)9-6-20)21-7-14-27-26(16-21)29(19-3-2-4-24(35)15-19)39-30(38-27)40-31(42)37-25-12-10-23(34)11-13-25/h2-18,43H,1H3,(H2,37,38,39,40,42). The quantitative estimate of drug-likeness (QED) is 0.174. The highest BCUT2D eigenvalue weighted by atomic mass is 35.5. The van der Waals surface area contributed by atoms with Crippen LogP contribution < -0.4 is 10.6 Å². The van der Waals surface area contributed by atoms with Gasteiger partial charge in [0.15, 0.2) is 5.60 Å². The smallest absolute Gasteiger partial charge is 0.326 e. The number of aryl methyl sites for hydroxylation is 1. The largest absolute Gasteiger partial charge is 0.374 e. The van der Waals surface area contributed by atoms with Gasteiger partial charge in [-0.15, -0.1) is 0 Å². The highest BCUT2D eigenvalue weighted by Crippen LogP contribution is 2.39. The molecule has 0 bridgehead atoms. The van der Waals surface area contributed by atoms with E-state index in [1.54, 1.807) is 89.9 Å². The number of imidazole rings is 1. The van der Waals surface area contributed by atoms with Gasteiger partial charge in [0.25, 0.3) is 0 Å². The van der Waals surface area contributed by atoms with Gasteiger partial charge in [-0.2, -0.15) is 0 Å². The number of aliphatic hydroxyl groups is 1. The third-order valence-corrected chi connectivity index (χ3v) is 7.73. The summed E-state index contributed by atoms with van der Waals surface area (Å²) in [5.74, 6) is 0.0845. The van der Waals surface area contributed by atoms with Gasteiger partial charge in [0.1, 0.15) is 0 Å². The highest BCUT2D eigenvalue weighted by molar-refractivity contribution is 6.31. The monoisotopic (exact) mass is 628 g/mol. The fourth-order valence-corrected chi connectivity index (χ4v) is 5.36.